The Kier molecular flexibility index (Phi) is 5.36. The highest BCUT2D eigenvalue weighted by Crippen LogP contribution is 2.14. The highest BCUT2D eigenvalue weighted by Gasteiger charge is 2.13. The zero-order valence-corrected chi connectivity index (χ0v) is 14.0. The van der Waals surface area contributed by atoms with E-state index in [0.717, 1.165) is 48.6 Å². The summed E-state index contributed by atoms with van der Waals surface area (Å²) in [5.41, 5.74) is 3.81. The molecule has 0 radical (unpaired) electrons. The van der Waals surface area contributed by atoms with Crippen molar-refractivity contribution in [3.63, 3.8) is 0 Å². The van der Waals surface area contributed by atoms with Crippen molar-refractivity contribution in [2.45, 2.75) is 40.5 Å². The minimum atomic E-state index is 0.107. The molecule has 0 bridgehead atoms. The van der Waals surface area contributed by atoms with Crippen molar-refractivity contribution < 1.29 is 4.79 Å². The number of benzene rings is 1. The summed E-state index contributed by atoms with van der Waals surface area (Å²) in [7, 11) is 0. The number of nitrogens with zero attached hydrogens (tertiary/aromatic N) is 3. The lowest BCUT2D eigenvalue weighted by Gasteiger charge is -2.20. The van der Waals surface area contributed by atoms with E-state index in [2.05, 4.69) is 12.0 Å². The van der Waals surface area contributed by atoms with Gasteiger partial charge in [0.2, 0.25) is 0 Å². The molecule has 0 N–H and O–H groups in total. The Bertz CT molecular complexity index is 628. The average Bonchev–Trinajstić information content (AvgIpc) is 2.86. The van der Waals surface area contributed by atoms with Crippen LogP contribution in [0, 0.1) is 13.8 Å². The largest absolute Gasteiger partial charge is 0.339 e. The van der Waals surface area contributed by atoms with Crippen molar-refractivity contribution in [3.8, 4) is 5.69 Å². The van der Waals surface area contributed by atoms with Gasteiger partial charge in [-0.15, -0.1) is 0 Å². The molecule has 2 rings (SSSR count). The summed E-state index contributed by atoms with van der Waals surface area (Å²) in [6.07, 6.45) is 2.14. The fraction of sp³-hybridized carbons (Fsp3) is 0.444. The quantitative estimate of drug-likeness (QED) is 0.814. The summed E-state index contributed by atoms with van der Waals surface area (Å²) in [5.74, 6) is 0.107. The van der Waals surface area contributed by atoms with Crippen LogP contribution in [0.1, 0.15) is 48.4 Å². The van der Waals surface area contributed by atoms with E-state index in [9.17, 15) is 4.79 Å². The average molecular weight is 299 g/mol. The summed E-state index contributed by atoms with van der Waals surface area (Å²) < 4.78 is 1.90. The fourth-order valence-electron chi connectivity index (χ4n) is 2.57. The molecule has 0 saturated carbocycles. The van der Waals surface area contributed by atoms with E-state index in [-0.39, 0.29) is 5.91 Å². The molecule has 2 aromatic rings. The Morgan fingerprint density at radius 3 is 2.36 bits per heavy atom. The minimum Gasteiger partial charge on any atom is -0.339 e. The van der Waals surface area contributed by atoms with Gasteiger partial charge in [-0.1, -0.05) is 13.3 Å². The molecule has 1 aromatic heterocycles. The molecule has 1 amide bonds. The predicted molar refractivity (Wildman–Crippen MR) is 89.5 cm³/mol. The lowest BCUT2D eigenvalue weighted by atomic mass is 10.1. The van der Waals surface area contributed by atoms with Crippen LogP contribution in [-0.4, -0.2) is 33.7 Å². The van der Waals surface area contributed by atoms with Crippen molar-refractivity contribution in [1.29, 1.82) is 0 Å². The maximum atomic E-state index is 12.5. The van der Waals surface area contributed by atoms with E-state index in [4.69, 9.17) is 0 Å². The van der Waals surface area contributed by atoms with Gasteiger partial charge in [0.05, 0.1) is 11.4 Å². The molecular formula is C18H25N3O. The van der Waals surface area contributed by atoms with Crippen LogP contribution in [0.5, 0.6) is 0 Å². The van der Waals surface area contributed by atoms with Crippen LogP contribution >= 0.6 is 0 Å². The van der Waals surface area contributed by atoms with Gasteiger partial charge in [-0.3, -0.25) is 4.79 Å². The smallest absolute Gasteiger partial charge is 0.253 e. The van der Waals surface area contributed by atoms with Crippen LogP contribution in [0.2, 0.25) is 0 Å². The molecule has 0 atom stereocenters. The summed E-state index contributed by atoms with van der Waals surface area (Å²) in [4.78, 5) is 14.4. The molecule has 0 fully saturated rings. The SMILES string of the molecule is CCCCN(CC)C(=O)c1ccc(-n2nc(C)cc2C)cc1. The molecule has 0 spiro atoms. The molecule has 4 heteroatoms. The summed E-state index contributed by atoms with van der Waals surface area (Å²) in [5, 5.41) is 4.47. The number of aromatic nitrogens is 2. The van der Waals surface area contributed by atoms with E-state index >= 15 is 0 Å². The second-order valence-electron chi connectivity index (χ2n) is 5.62. The van der Waals surface area contributed by atoms with Crippen LogP contribution in [0.15, 0.2) is 30.3 Å². The van der Waals surface area contributed by atoms with Crippen LogP contribution in [0.3, 0.4) is 0 Å². The molecule has 0 aliphatic heterocycles. The number of hydrogen-bond acceptors (Lipinski definition) is 2. The highest BCUT2D eigenvalue weighted by atomic mass is 16.2. The lowest BCUT2D eigenvalue weighted by molar-refractivity contribution is 0.0762. The predicted octanol–water partition coefficient (Wildman–Crippen LogP) is 3.75. The Morgan fingerprint density at radius 1 is 1.18 bits per heavy atom. The second-order valence-corrected chi connectivity index (χ2v) is 5.62. The third-order valence-corrected chi connectivity index (χ3v) is 3.82. The van der Waals surface area contributed by atoms with Crippen molar-refractivity contribution in [2.75, 3.05) is 13.1 Å². The minimum absolute atomic E-state index is 0.107. The summed E-state index contributed by atoms with van der Waals surface area (Å²) >= 11 is 0. The first-order valence-corrected chi connectivity index (χ1v) is 7.99. The van der Waals surface area contributed by atoms with Crippen molar-refractivity contribution >= 4 is 5.91 Å². The Hall–Kier alpha value is -2.10. The van der Waals surface area contributed by atoms with Gasteiger partial charge in [-0.05, 0) is 57.5 Å². The number of aryl methyl sites for hydroxylation is 2. The maximum Gasteiger partial charge on any atom is 0.253 e. The number of rotatable bonds is 6. The third-order valence-electron chi connectivity index (χ3n) is 3.82. The number of carbonyl (C=O) groups is 1. The molecule has 0 unspecified atom stereocenters. The molecule has 0 aliphatic rings. The van der Waals surface area contributed by atoms with Gasteiger partial charge in [-0.2, -0.15) is 5.10 Å². The molecule has 0 aliphatic carbocycles. The molecule has 4 nitrogen and oxygen atoms in total. The van der Waals surface area contributed by atoms with Crippen LogP contribution in [-0.2, 0) is 0 Å². The van der Waals surface area contributed by atoms with E-state index in [1.807, 2.05) is 60.7 Å². The first kappa shape index (κ1) is 16.3. The zero-order valence-electron chi connectivity index (χ0n) is 14.0. The van der Waals surface area contributed by atoms with E-state index in [1.165, 1.54) is 0 Å². The first-order valence-electron chi connectivity index (χ1n) is 7.99. The van der Waals surface area contributed by atoms with Gasteiger partial charge in [-0.25, -0.2) is 4.68 Å². The van der Waals surface area contributed by atoms with Gasteiger partial charge in [0.1, 0.15) is 0 Å². The standard InChI is InChI=1S/C18H25N3O/c1-5-7-12-20(6-2)18(22)16-8-10-17(11-9-16)21-15(4)13-14(3)19-21/h8-11,13H,5-7,12H2,1-4H3. The van der Waals surface area contributed by atoms with Gasteiger partial charge < -0.3 is 4.90 Å². The highest BCUT2D eigenvalue weighted by molar-refractivity contribution is 5.94. The topological polar surface area (TPSA) is 38.1 Å². The Balaban J connectivity index is 2.17. The van der Waals surface area contributed by atoms with Gasteiger partial charge in [0.25, 0.3) is 5.91 Å². The second kappa shape index (κ2) is 7.25. The number of carbonyl (C=O) groups excluding carboxylic acids is 1. The summed E-state index contributed by atoms with van der Waals surface area (Å²) in [6, 6.07) is 9.74. The van der Waals surface area contributed by atoms with Crippen LogP contribution in [0.4, 0.5) is 0 Å². The van der Waals surface area contributed by atoms with Crippen molar-refractivity contribution in [2.24, 2.45) is 0 Å². The van der Waals surface area contributed by atoms with Gasteiger partial charge >= 0.3 is 0 Å². The molecule has 22 heavy (non-hydrogen) atoms. The molecule has 118 valence electrons. The maximum absolute atomic E-state index is 12.5. The lowest BCUT2D eigenvalue weighted by Crippen LogP contribution is -2.31. The summed E-state index contributed by atoms with van der Waals surface area (Å²) in [6.45, 7) is 9.75. The number of amides is 1. The van der Waals surface area contributed by atoms with Gasteiger partial charge in [0, 0.05) is 24.3 Å². The van der Waals surface area contributed by atoms with E-state index in [1.54, 1.807) is 0 Å². The van der Waals surface area contributed by atoms with E-state index in [0.29, 0.717) is 0 Å². The molecule has 1 heterocycles. The van der Waals surface area contributed by atoms with Crippen LogP contribution < -0.4 is 0 Å². The van der Waals surface area contributed by atoms with Crippen molar-refractivity contribution in [3.05, 3.63) is 47.3 Å². The fourth-order valence-corrected chi connectivity index (χ4v) is 2.57. The van der Waals surface area contributed by atoms with E-state index < -0.39 is 0 Å². The number of hydrogen-bond donors (Lipinski definition) is 0. The zero-order chi connectivity index (χ0) is 16.1. The Labute approximate surface area is 132 Å². The number of unbranched alkanes of at least 4 members (excludes halogenated alkanes) is 1. The third kappa shape index (κ3) is 3.56. The van der Waals surface area contributed by atoms with Crippen molar-refractivity contribution in [1.82, 2.24) is 14.7 Å². The monoisotopic (exact) mass is 299 g/mol. The molecule has 1 aromatic carbocycles. The molecule has 0 saturated heterocycles. The normalized spacial score (nSPS) is 10.7. The Morgan fingerprint density at radius 2 is 1.86 bits per heavy atom. The first-order chi connectivity index (χ1) is 10.6. The van der Waals surface area contributed by atoms with Crippen LogP contribution in [0.25, 0.3) is 5.69 Å². The molecular weight excluding hydrogens is 274 g/mol. The van der Waals surface area contributed by atoms with Gasteiger partial charge in [0.15, 0.2) is 0 Å².